The third-order valence-electron chi connectivity index (χ3n) is 2.80. The minimum absolute atomic E-state index is 0.428. The van der Waals surface area contributed by atoms with Crippen LogP contribution in [0.3, 0.4) is 0 Å². The Balaban J connectivity index is 2.10. The first-order valence-corrected chi connectivity index (χ1v) is 7.18. The van der Waals surface area contributed by atoms with Gasteiger partial charge in [0, 0.05) is 16.1 Å². The molecule has 0 fully saturated rings. The molecule has 4 heteroatoms. The molecule has 0 aliphatic carbocycles. The third kappa shape index (κ3) is 4.46. The Morgan fingerprint density at radius 3 is 2.71 bits per heavy atom. The van der Waals surface area contributed by atoms with Gasteiger partial charge in [-0.3, -0.25) is 0 Å². The molecule has 2 rings (SSSR count). The van der Waals surface area contributed by atoms with Gasteiger partial charge < -0.3 is 9.47 Å². The van der Waals surface area contributed by atoms with E-state index in [1.807, 2.05) is 43.3 Å². The van der Waals surface area contributed by atoms with Gasteiger partial charge in [-0.25, -0.2) is 4.79 Å². The highest BCUT2D eigenvalue weighted by molar-refractivity contribution is 9.10. The van der Waals surface area contributed by atoms with E-state index in [1.165, 1.54) is 6.08 Å². The minimum atomic E-state index is -0.428. The average Bonchev–Trinajstić information content (AvgIpc) is 2.45. The summed E-state index contributed by atoms with van der Waals surface area (Å²) in [6, 6.07) is 12.9. The first-order valence-electron chi connectivity index (χ1n) is 6.38. The summed E-state index contributed by atoms with van der Waals surface area (Å²) in [4.78, 5) is 11.8. The number of methoxy groups -OCH3 is 1. The molecule has 2 aromatic rings. The van der Waals surface area contributed by atoms with Crippen molar-refractivity contribution in [3.05, 3.63) is 64.1 Å². The Morgan fingerprint density at radius 2 is 2.00 bits per heavy atom. The molecule has 0 amide bonds. The van der Waals surface area contributed by atoms with Crippen LogP contribution in [0.5, 0.6) is 11.5 Å². The minimum Gasteiger partial charge on any atom is -0.496 e. The number of hydrogen-bond donors (Lipinski definition) is 0. The summed E-state index contributed by atoms with van der Waals surface area (Å²) in [6.45, 7) is 1.94. The maximum Gasteiger partial charge on any atom is 0.336 e. The highest BCUT2D eigenvalue weighted by atomic mass is 79.9. The number of benzene rings is 2. The van der Waals surface area contributed by atoms with E-state index >= 15 is 0 Å². The maximum atomic E-state index is 11.8. The van der Waals surface area contributed by atoms with Crippen molar-refractivity contribution >= 4 is 28.0 Å². The molecule has 2 aromatic carbocycles. The van der Waals surface area contributed by atoms with E-state index in [-0.39, 0.29) is 0 Å². The van der Waals surface area contributed by atoms with Gasteiger partial charge in [0.25, 0.3) is 0 Å². The molecule has 0 atom stereocenters. The quantitative estimate of drug-likeness (QED) is 0.468. The number of esters is 1. The highest BCUT2D eigenvalue weighted by Crippen LogP contribution is 2.24. The zero-order valence-corrected chi connectivity index (χ0v) is 13.4. The van der Waals surface area contributed by atoms with Crippen molar-refractivity contribution in [2.24, 2.45) is 0 Å². The van der Waals surface area contributed by atoms with Crippen LogP contribution in [0, 0.1) is 6.92 Å². The summed E-state index contributed by atoms with van der Waals surface area (Å²) in [6.07, 6.45) is 3.05. The predicted molar refractivity (Wildman–Crippen MR) is 86.5 cm³/mol. The lowest BCUT2D eigenvalue weighted by Crippen LogP contribution is -2.03. The van der Waals surface area contributed by atoms with Gasteiger partial charge in [0.05, 0.1) is 7.11 Å². The standard InChI is InChI=1S/C17H15BrO3/c1-12-4-3-5-15(10-12)21-17(19)9-6-13-11-14(18)7-8-16(13)20-2/h3-11H,1-2H3/b9-6+. The smallest absolute Gasteiger partial charge is 0.336 e. The molecule has 0 spiro atoms. The molecule has 21 heavy (non-hydrogen) atoms. The van der Waals surface area contributed by atoms with Crippen LogP contribution < -0.4 is 9.47 Å². The van der Waals surface area contributed by atoms with Crippen molar-refractivity contribution in [3.63, 3.8) is 0 Å². The average molecular weight is 347 g/mol. The van der Waals surface area contributed by atoms with E-state index in [9.17, 15) is 4.79 Å². The van der Waals surface area contributed by atoms with Crippen molar-refractivity contribution < 1.29 is 14.3 Å². The third-order valence-corrected chi connectivity index (χ3v) is 3.29. The van der Waals surface area contributed by atoms with E-state index in [0.29, 0.717) is 11.5 Å². The molecule has 0 N–H and O–H groups in total. The Morgan fingerprint density at radius 1 is 1.19 bits per heavy atom. The van der Waals surface area contributed by atoms with Crippen LogP contribution in [0.15, 0.2) is 53.0 Å². The van der Waals surface area contributed by atoms with E-state index in [4.69, 9.17) is 9.47 Å². The lowest BCUT2D eigenvalue weighted by molar-refractivity contribution is -0.128. The van der Waals surface area contributed by atoms with Crippen molar-refractivity contribution in [2.75, 3.05) is 7.11 Å². The topological polar surface area (TPSA) is 35.5 Å². The Hall–Kier alpha value is -2.07. The highest BCUT2D eigenvalue weighted by Gasteiger charge is 2.03. The van der Waals surface area contributed by atoms with Gasteiger partial charge >= 0.3 is 5.97 Å². The lowest BCUT2D eigenvalue weighted by Gasteiger charge is -2.05. The molecule has 0 aromatic heterocycles. The van der Waals surface area contributed by atoms with E-state index < -0.39 is 5.97 Å². The Labute approximate surface area is 132 Å². The number of carbonyl (C=O) groups is 1. The van der Waals surface area contributed by atoms with Crippen LogP contribution >= 0.6 is 15.9 Å². The molecule has 0 saturated carbocycles. The van der Waals surface area contributed by atoms with Crippen LogP contribution in [0.25, 0.3) is 6.08 Å². The second-order valence-corrected chi connectivity index (χ2v) is 5.37. The molecule has 0 aliphatic heterocycles. The number of rotatable bonds is 4. The van der Waals surface area contributed by atoms with Gasteiger partial charge in [-0.1, -0.05) is 28.1 Å². The van der Waals surface area contributed by atoms with Gasteiger partial charge in [0.1, 0.15) is 11.5 Å². The summed E-state index contributed by atoms with van der Waals surface area (Å²) in [7, 11) is 1.59. The maximum absolute atomic E-state index is 11.8. The van der Waals surface area contributed by atoms with Gasteiger partial charge in [0.2, 0.25) is 0 Å². The molecule has 0 heterocycles. The summed E-state index contributed by atoms with van der Waals surface area (Å²) in [5, 5.41) is 0. The van der Waals surface area contributed by atoms with Crippen LogP contribution in [0.4, 0.5) is 0 Å². The molecule has 0 unspecified atom stereocenters. The molecule has 3 nitrogen and oxygen atoms in total. The largest absolute Gasteiger partial charge is 0.496 e. The number of ether oxygens (including phenoxy) is 2. The normalized spacial score (nSPS) is 10.6. The Kier molecular flexibility index (Phi) is 5.17. The van der Waals surface area contributed by atoms with Crippen molar-refractivity contribution in [2.45, 2.75) is 6.92 Å². The molecule has 0 aliphatic rings. The summed E-state index contributed by atoms with van der Waals surface area (Å²) in [5.74, 6) is 0.797. The van der Waals surface area contributed by atoms with Gasteiger partial charge in [-0.2, -0.15) is 0 Å². The van der Waals surface area contributed by atoms with E-state index in [1.54, 1.807) is 19.3 Å². The van der Waals surface area contributed by atoms with Crippen molar-refractivity contribution in [3.8, 4) is 11.5 Å². The monoisotopic (exact) mass is 346 g/mol. The first-order chi connectivity index (χ1) is 10.1. The van der Waals surface area contributed by atoms with Gasteiger partial charge in [0.15, 0.2) is 0 Å². The first kappa shape index (κ1) is 15.3. The zero-order valence-electron chi connectivity index (χ0n) is 11.8. The van der Waals surface area contributed by atoms with Gasteiger partial charge in [-0.15, -0.1) is 0 Å². The van der Waals surface area contributed by atoms with Gasteiger partial charge in [-0.05, 0) is 48.9 Å². The second-order valence-electron chi connectivity index (χ2n) is 4.46. The van der Waals surface area contributed by atoms with E-state index in [0.717, 1.165) is 15.6 Å². The fourth-order valence-electron chi connectivity index (χ4n) is 1.82. The van der Waals surface area contributed by atoms with Crippen LogP contribution in [0.1, 0.15) is 11.1 Å². The Bertz CT molecular complexity index is 677. The van der Waals surface area contributed by atoms with Crippen molar-refractivity contribution in [1.29, 1.82) is 0 Å². The molecule has 0 saturated heterocycles. The lowest BCUT2D eigenvalue weighted by atomic mass is 10.2. The van der Waals surface area contributed by atoms with Crippen molar-refractivity contribution in [1.82, 2.24) is 0 Å². The van der Waals surface area contributed by atoms with Crippen LogP contribution in [0.2, 0.25) is 0 Å². The fraction of sp³-hybridized carbons (Fsp3) is 0.118. The zero-order chi connectivity index (χ0) is 15.2. The molecular weight excluding hydrogens is 332 g/mol. The second kappa shape index (κ2) is 7.09. The summed E-state index contributed by atoms with van der Waals surface area (Å²) >= 11 is 3.39. The van der Waals surface area contributed by atoms with Crippen LogP contribution in [-0.4, -0.2) is 13.1 Å². The fourth-order valence-corrected chi connectivity index (χ4v) is 2.20. The van der Waals surface area contributed by atoms with Crippen LogP contribution in [-0.2, 0) is 4.79 Å². The van der Waals surface area contributed by atoms with E-state index in [2.05, 4.69) is 15.9 Å². The predicted octanol–water partition coefficient (Wildman–Crippen LogP) is 4.38. The molecule has 0 radical (unpaired) electrons. The molecule has 108 valence electrons. The molecule has 0 bridgehead atoms. The molecular formula is C17H15BrO3. The SMILES string of the molecule is COc1ccc(Br)cc1/C=C/C(=O)Oc1cccc(C)c1. The number of carbonyl (C=O) groups excluding carboxylic acids is 1. The number of aryl methyl sites for hydroxylation is 1. The number of halogens is 1. The summed E-state index contributed by atoms with van der Waals surface area (Å²) < 4.78 is 11.4. The number of hydrogen-bond acceptors (Lipinski definition) is 3. The summed E-state index contributed by atoms with van der Waals surface area (Å²) in [5.41, 5.74) is 1.84.